The van der Waals surface area contributed by atoms with E-state index < -0.39 is 0 Å². The monoisotopic (exact) mass is 235 g/mol. The van der Waals surface area contributed by atoms with Gasteiger partial charge in [0.05, 0.1) is 0 Å². The molecular weight excluding hydrogens is 213 g/mol. The maximum absolute atomic E-state index is 13.1. The number of nitrogens with one attached hydrogen (secondary N) is 1. The molecule has 1 saturated carbocycles. The summed E-state index contributed by atoms with van der Waals surface area (Å²) in [4.78, 5) is 0. The summed E-state index contributed by atoms with van der Waals surface area (Å²) < 4.78 is 13.1. The van der Waals surface area contributed by atoms with Gasteiger partial charge in [-0.25, -0.2) is 4.39 Å². The van der Waals surface area contributed by atoms with Crippen LogP contribution in [-0.2, 0) is 0 Å². The molecular formula is C15H22FN. The highest BCUT2D eigenvalue weighted by atomic mass is 19.1. The molecule has 0 aromatic heterocycles. The second-order valence-corrected chi connectivity index (χ2v) is 5.13. The van der Waals surface area contributed by atoms with Crippen molar-refractivity contribution in [1.29, 1.82) is 0 Å². The molecule has 1 nitrogen and oxygen atoms in total. The average molecular weight is 235 g/mol. The lowest BCUT2D eigenvalue weighted by Crippen LogP contribution is -2.31. The molecule has 0 bridgehead atoms. The number of hydrogen-bond acceptors (Lipinski definition) is 1. The zero-order chi connectivity index (χ0) is 12.1. The first kappa shape index (κ1) is 12.6. The second kappa shape index (κ2) is 6.15. The van der Waals surface area contributed by atoms with Crippen molar-refractivity contribution in [1.82, 2.24) is 5.32 Å². The van der Waals surface area contributed by atoms with Crippen molar-refractivity contribution in [3.63, 3.8) is 0 Å². The standard InChI is InChI=1S/C15H22FN/c1-12(13-7-6-8-14(16)11-13)17-15-9-4-2-3-5-10-15/h6-8,11-12,15,17H,2-5,9-10H2,1H3/t12-/m1/s1. The highest BCUT2D eigenvalue weighted by molar-refractivity contribution is 5.19. The molecule has 0 heterocycles. The first-order chi connectivity index (χ1) is 8.25. The molecule has 17 heavy (non-hydrogen) atoms. The van der Waals surface area contributed by atoms with Gasteiger partial charge in [0, 0.05) is 12.1 Å². The van der Waals surface area contributed by atoms with E-state index in [1.807, 2.05) is 6.07 Å². The Morgan fingerprint density at radius 1 is 1.18 bits per heavy atom. The van der Waals surface area contributed by atoms with Gasteiger partial charge in [0.2, 0.25) is 0 Å². The van der Waals surface area contributed by atoms with E-state index in [2.05, 4.69) is 12.2 Å². The molecule has 1 aliphatic carbocycles. The summed E-state index contributed by atoms with van der Waals surface area (Å²) in [5.74, 6) is -0.142. The fourth-order valence-corrected chi connectivity index (χ4v) is 2.67. The average Bonchev–Trinajstić information content (AvgIpc) is 2.57. The lowest BCUT2D eigenvalue weighted by atomic mass is 10.0. The molecule has 2 heteroatoms. The van der Waals surface area contributed by atoms with Crippen LogP contribution in [0.3, 0.4) is 0 Å². The smallest absolute Gasteiger partial charge is 0.123 e. The molecule has 1 aromatic carbocycles. The molecule has 1 atom stereocenters. The van der Waals surface area contributed by atoms with Crippen LogP contribution in [0.1, 0.15) is 57.1 Å². The van der Waals surface area contributed by atoms with Gasteiger partial charge in [-0.15, -0.1) is 0 Å². The van der Waals surface area contributed by atoms with E-state index in [1.165, 1.54) is 44.6 Å². The van der Waals surface area contributed by atoms with Gasteiger partial charge in [-0.2, -0.15) is 0 Å². The largest absolute Gasteiger partial charge is 0.307 e. The summed E-state index contributed by atoms with van der Waals surface area (Å²) in [5, 5.41) is 3.64. The Kier molecular flexibility index (Phi) is 4.55. The first-order valence-electron chi connectivity index (χ1n) is 6.77. The minimum absolute atomic E-state index is 0.142. The van der Waals surface area contributed by atoms with Crippen LogP contribution >= 0.6 is 0 Å². The Balaban J connectivity index is 1.93. The van der Waals surface area contributed by atoms with Gasteiger partial charge in [-0.1, -0.05) is 37.8 Å². The highest BCUT2D eigenvalue weighted by Crippen LogP contribution is 2.21. The first-order valence-corrected chi connectivity index (χ1v) is 6.77. The third-order valence-corrected chi connectivity index (χ3v) is 3.69. The fourth-order valence-electron chi connectivity index (χ4n) is 2.67. The minimum Gasteiger partial charge on any atom is -0.307 e. The molecule has 0 radical (unpaired) electrons. The number of rotatable bonds is 3. The normalized spacial score (nSPS) is 19.9. The van der Waals surface area contributed by atoms with E-state index >= 15 is 0 Å². The Labute approximate surface area is 103 Å². The van der Waals surface area contributed by atoms with E-state index in [0.29, 0.717) is 6.04 Å². The van der Waals surface area contributed by atoms with Gasteiger partial charge in [0.1, 0.15) is 5.82 Å². The van der Waals surface area contributed by atoms with Gasteiger partial charge in [-0.05, 0) is 37.5 Å². The molecule has 1 aromatic rings. The van der Waals surface area contributed by atoms with Gasteiger partial charge in [-0.3, -0.25) is 0 Å². The molecule has 0 aliphatic heterocycles. The third kappa shape index (κ3) is 3.81. The molecule has 1 aliphatic rings. The molecule has 0 saturated heterocycles. The van der Waals surface area contributed by atoms with E-state index in [0.717, 1.165) is 5.56 Å². The van der Waals surface area contributed by atoms with E-state index in [1.54, 1.807) is 12.1 Å². The number of benzene rings is 1. The fraction of sp³-hybridized carbons (Fsp3) is 0.600. The van der Waals surface area contributed by atoms with Crippen molar-refractivity contribution in [3.8, 4) is 0 Å². The number of halogens is 1. The van der Waals surface area contributed by atoms with Crippen LogP contribution in [0, 0.1) is 5.82 Å². The molecule has 1 fully saturated rings. The zero-order valence-electron chi connectivity index (χ0n) is 10.6. The van der Waals surface area contributed by atoms with Crippen molar-refractivity contribution in [2.45, 2.75) is 57.5 Å². The van der Waals surface area contributed by atoms with Crippen LogP contribution in [0.4, 0.5) is 4.39 Å². The van der Waals surface area contributed by atoms with Crippen molar-refractivity contribution < 1.29 is 4.39 Å². The van der Waals surface area contributed by atoms with Crippen LogP contribution in [-0.4, -0.2) is 6.04 Å². The quantitative estimate of drug-likeness (QED) is 0.774. The topological polar surface area (TPSA) is 12.0 Å². The molecule has 0 amide bonds. The van der Waals surface area contributed by atoms with Crippen molar-refractivity contribution in [2.75, 3.05) is 0 Å². The van der Waals surface area contributed by atoms with Crippen LogP contribution in [0.2, 0.25) is 0 Å². The molecule has 94 valence electrons. The van der Waals surface area contributed by atoms with Crippen LogP contribution in [0.15, 0.2) is 24.3 Å². The van der Waals surface area contributed by atoms with Gasteiger partial charge in [0.25, 0.3) is 0 Å². The zero-order valence-corrected chi connectivity index (χ0v) is 10.6. The molecule has 1 N–H and O–H groups in total. The maximum Gasteiger partial charge on any atom is 0.123 e. The minimum atomic E-state index is -0.142. The Hall–Kier alpha value is -0.890. The lowest BCUT2D eigenvalue weighted by molar-refractivity contribution is 0.413. The Morgan fingerprint density at radius 3 is 2.53 bits per heavy atom. The Morgan fingerprint density at radius 2 is 1.88 bits per heavy atom. The SMILES string of the molecule is C[C@@H](NC1CCCCCC1)c1cccc(F)c1. The third-order valence-electron chi connectivity index (χ3n) is 3.69. The van der Waals surface area contributed by atoms with Crippen molar-refractivity contribution in [3.05, 3.63) is 35.6 Å². The number of hydrogen-bond donors (Lipinski definition) is 1. The van der Waals surface area contributed by atoms with Crippen molar-refractivity contribution in [2.24, 2.45) is 0 Å². The van der Waals surface area contributed by atoms with E-state index in [4.69, 9.17) is 0 Å². The van der Waals surface area contributed by atoms with Gasteiger partial charge < -0.3 is 5.32 Å². The predicted molar refractivity (Wildman–Crippen MR) is 69.4 cm³/mol. The van der Waals surface area contributed by atoms with Gasteiger partial charge in [0.15, 0.2) is 0 Å². The van der Waals surface area contributed by atoms with Gasteiger partial charge >= 0.3 is 0 Å². The summed E-state index contributed by atoms with van der Waals surface area (Å²) in [6.45, 7) is 2.12. The lowest BCUT2D eigenvalue weighted by Gasteiger charge is -2.22. The maximum atomic E-state index is 13.1. The summed E-state index contributed by atoms with van der Waals surface area (Å²) in [7, 11) is 0. The molecule has 0 spiro atoms. The second-order valence-electron chi connectivity index (χ2n) is 5.13. The van der Waals surface area contributed by atoms with Crippen LogP contribution < -0.4 is 5.32 Å². The van der Waals surface area contributed by atoms with E-state index in [-0.39, 0.29) is 11.9 Å². The van der Waals surface area contributed by atoms with Crippen LogP contribution in [0.25, 0.3) is 0 Å². The summed E-state index contributed by atoms with van der Waals surface area (Å²) in [5.41, 5.74) is 1.05. The van der Waals surface area contributed by atoms with Crippen molar-refractivity contribution >= 4 is 0 Å². The molecule has 0 unspecified atom stereocenters. The Bertz CT molecular complexity index is 343. The summed E-state index contributed by atoms with van der Waals surface area (Å²) >= 11 is 0. The van der Waals surface area contributed by atoms with Crippen LogP contribution in [0.5, 0.6) is 0 Å². The highest BCUT2D eigenvalue weighted by Gasteiger charge is 2.15. The van der Waals surface area contributed by atoms with E-state index in [9.17, 15) is 4.39 Å². The predicted octanol–water partition coefficient (Wildman–Crippen LogP) is 4.20. The summed E-state index contributed by atoms with van der Waals surface area (Å²) in [6.07, 6.45) is 7.92. The summed E-state index contributed by atoms with van der Waals surface area (Å²) in [6, 6.07) is 7.77. The molecule has 2 rings (SSSR count).